The highest BCUT2D eigenvalue weighted by Crippen LogP contribution is 2.17. The number of rotatable bonds is 9. The number of hydrogen-bond donors (Lipinski definition) is 2. The van der Waals surface area contributed by atoms with Crippen LogP contribution >= 0.6 is 24.0 Å². The van der Waals surface area contributed by atoms with Crippen LogP contribution in [-0.2, 0) is 9.47 Å². The lowest BCUT2D eigenvalue weighted by Crippen LogP contribution is -2.44. The van der Waals surface area contributed by atoms with Crippen LogP contribution in [0.1, 0.15) is 44.9 Å². The number of halogens is 1. The van der Waals surface area contributed by atoms with Gasteiger partial charge in [0.2, 0.25) is 0 Å². The van der Waals surface area contributed by atoms with Crippen LogP contribution in [-0.4, -0.2) is 52.5 Å². The molecule has 0 spiro atoms. The molecule has 0 heterocycles. The van der Waals surface area contributed by atoms with E-state index in [4.69, 9.17) is 9.47 Å². The van der Waals surface area contributed by atoms with Gasteiger partial charge in [-0.25, -0.2) is 0 Å². The molecule has 0 aliphatic heterocycles. The van der Waals surface area contributed by atoms with E-state index >= 15 is 0 Å². The van der Waals surface area contributed by atoms with Gasteiger partial charge in [-0.15, -0.1) is 24.0 Å². The predicted octanol–water partition coefficient (Wildman–Crippen LogP) is 2.55. The maximum absolute atomic E-state index is 5.43. The van der Waals surface area contributed by atoms with Crippen molar-refractivity contribution in [1.29, 1.82) is 0 Å². The van der Waals surface area contributed by atoms with Gasteiger partial charge < -0.3 is 20.1 Å². The zero-order valence-corrected chi connectivity index (χ0v) is 15.9. The number of unbranched alkanes of at least 4 members (excludes halogenated alkanes) is 1. The van der Waals surface area contributed by atoms with E-state index in [0.717, 1.165) is 32.0 Å². The molecule has 6 heteroatoms. The zero-order valence-electron chi connectivity index (χ0n) is 13.5. The molecule has 5 nitrogen and oxygen atoms in total. The largest absolute Gasteiger partial charge is 0.382 e. The first-order valence-electron chi connectivity index (χ1n) is 7.90. The fourth-order valence-corrected chi connectivity index (χ4v) is 2.42. The van der Waals surface area contributed by atoms with E-state index in [1.807, 2.05) is 7.05 Å². The van der Waals surface area contributed by atoms with Crippen molar-refractivity contribution in [2.24, 2.45) is 4.99 Å². The molecule has 126 valence electrons. The smallest absolute Gasteiger partial charge is 0.191 e. The molecule has 0 bridgehead atoms. The van der Waals surface area contributed by atoms with Crippen LogP contribution in [0.25, 0.3) is 0 Å². The summed E-state index contributed by atoms with van der Waals surface area (Å²) in [5.41, 5.74) is 0. The summed E-state index contributed by atoms with van der Waals surface area (Å²) < 4.78 is 10.4. The molecule has 0 aromatic heterocycles. The van der Waals surface area contributed by atoms with Crippen LogP contribution in [0, 0.1) is 0 Å². The first-order valence-corrected chi connectivity index (χ1v) is 7.90. The summed E-state index contributed by atoms with van der Waals surface area (Å²) in [4.78, 5) is 4.29. The fourth-order valence-electron chi connectivity index (χ4n) is 2.42. The highest BCUT2D eigenvalue weighted by molar-refractivity contribution is 14.0. The number of aliphatic imine (C=N–C) groups is 1. The molecular weight excluding hydrogens is 381 g/mol. The molecule has 0 aromatic carbocycles. The minimum Gasteiger partial charge on any atom is -0.382 e. The summed E-state index contributed by atoms with van der Waals surface area (Å²) in [5.74, 6) is 0.942. The molecule has 0 atom stereocenters. The monoisotopic (exact) mass is 413 g/mol. The van der Waals surface area contributed by atoms with Crippen LogP contribution < -0.4 is 10.6 Å². The van der Waals surface area contributed by atoms with Gasteiger partial charge in [0.05, 0.1) is 13.2 Å². The van der Waals surface area contributed by atoms with Gasteiger partial charge in [-0.1, -0.05) is 19.3 Å². The summed E-state index contributed by atoms with van der Waals surface area (Å²) >= 11 is 0. The fraction of sp³-hybridized carbons (Fsp3) is 0.933. The number of hydrogen-bond acceptors (Lipinski definition) is 3. The first kappa shape index (κ1) is 20.9. The van der Waals surface area contributed by atoms with E-state index in [-0.39, 0.29) is 24.0 Å². The van der Waals surface area contributed by atoms with Gasteiger partial charge in [-0.05, 0) is 25.7 Å². The maximum Gasteiger partial charge on any atom is 0.191 e. The molecule has 0 amide bonds. The Morgan fingerprint density at radius 2 is 1.86 bits per heavy atom. The second-order valence-corrected chi connectivity index (χ2v) is 5.29. The second-order valence-electron chi connectivity index (χ2n) is 5.29. The normalized spacial score (nSPS) is 16.4. The van der Waals surface area contributed by atoms with Crippen LogP contribution in [0.2, 0.25) is 0 Å². The molecule has 0 unspecified atom stereocenters. The van der Waals surface area contributed by atoms with Crippen molar-refractivity contribution in [3.63, 3.8) is 0 Å². The Morgan fingerprint density at radius 1 is 1.10 bits per heavy atom. The van der Waals surface area contributed by atoms with Crippen molar-refractivity contribution in [3.05, 3.63) is 0 Å². The lowest BCUT2D eigenvalue weighted by Gasteiger charge is -2.24. The summed E-state index contributed by atoms with van der Waals surface area (Å²) in [6.07, 6.45) is 8.77. The van der Waals surface area contributed by atoms with Gasteiger partial charge in [0.15, 0.2) is 5.96 Å². The maximum atomic E-state index is 5.43. The average Bonchev–Trinajstić information content (AvgIpc) is 2.49. The van der Waals surface area contributed by atoms with E-state index in [1.54, 1.807) is 7.11 Å². The van der Waals surface area contributed by atoms with Crippen molar-refractivity contribution in [3.8, 4) is 0 Å². The topological polar surface area (TPSA) is 54.9 Å². The molecule has 21 heavy (non-hydrogen) atoms. The van der Waals surface area contributed by atoms with Crippen molar-refractivity contribution in [1.82, 2.24) is 10.6 Å². The van der Waals surface area contributed by atoms with Crippen LogP contribution in [0.3, 0.4) is 0 Å². The van der Waals surface area contributed by atoms with Crippen molar-refractivity contribution >= 4 is 29.9 Å². The highest BCUT2D eigenvalue weighted by Gasteiger charge is 2.13. The Labute approximate surface area is 146 Å². The molecular formula is C15H32IN3O2. The number of nitrogens with one attached hydrogen (secondary N) is 2. The Hall–Kier alpha value is -0.0800. The van der Waals surface area contributed by atoms with Crippen molar-refractivity contribution < 1.29 is 9.47 Å². The number of ether oxygens (including phenoxy) is 2. The van der Waals surface area contributed by atoms with Crippen LogP contribution in [0.5, 0.6) is 0 Å². The van der Waals surface area contributed by atoms with Gasteiger partial charge in [-0.2, -0.15) is 0 Å². The third kappa shape index (κ3) is 11.2. The van der Waals surface area contributed by atoms with Crippen LogP contribution in [0.15, 0.2) is 4.99 Å². The van der Waals surface area contributed by atoms with Crippen molar-refractivity contribution in [2.75, 3.05) is 40.5 Å². The first-order chi connectivity index (χ1) is 9.86. The van der Waals surface area contributed by atoms with E-state index in [9.17, 15) is 0 Å². The molecule has 1 aliphatic carbocycles. The predicted molar refractivity (Wildman–Crippen MR) is 98.7 cm³/mol. The minimum absolute atomic E-state index is 0. The summed E-state index contributed by atoms with van der Waals surface area (Å²) in [7, 11) is 3.53. The molecule has 1 saturated carbocycles. The van der Waals surface area contributed by atoms with E-state index in [1.165, 1.54) is 32.1 Å². The quantitative estimate of drug-likeness (QED) is 0.264. The van der Waals surface area contributed by atoms with Gasteiger partial charge in [0.1, 0.15) is 0 Å². The second kappa shape index (κ2) is 14.8. The van der Waals surface area contributed by atoms with E-state index in [2.05, 4.69) is 15.6 Å². The lowest BCUT2D eigenvalue weighted by atomic mass is 9.96. The summed E-state index contributed by atoms with van der Waals surface area (Å²) in [6.45, 7) is 3.12. The Kier molecular flexibility index (Phi) is 14.8. The Balaban J connectivity index is 0.00000400. The Morgan fingerprint density at radius 3 is 2.52 bits per heavy atom. The molecule has 1 aliphatic rings. The lowest BCUT2D eigenvalue weighted by molar-refractivity contribution is 0.0689. The SMILES string of the molecule is CN=C(NCCCCOCCOC)NC1CCCCC1.I. The molecule has 0 radical (unpaired) electrons. The highest BCUT2D eigenvalue weighted by atomic mass is 127. The third-order valence-corrected chi connectivity index (χ3v) is 3.61. The summed E-state index contributed by atoms with van der Waals surface area (Å²) in [5, 5.41) is 6.89. The minimum atomic E-state index is 0. The molecule has 0 aromatic rings. The number of nitrogens with zero attached hydrogens (tertiary/aromatic N) is 1. The summed E-state index contributed by atoms with van der Waals surface area (Å²) in [6, 6.07) is 0.604. The average molecular weight is 413 g/mol. The van der Waals surface area contributed by atoms with Gasteiger partial charge in [0.25, 0.3) is 0 Å². The van der Waals surface area contributed by atoms with Gasteiger partial charge >= 0.3 is 0 Å². The van der Waals surface area contributed by atoms with Gasteiger partial charge in [0, 0.05) is 33.4 Å². The Bertz CT molecular complexity index is 259. The van der Waals surface area contributed by atoms with Crippen LogP contribution in [0.4, 0.5) is 0 Å². The standard InChI is InChI=1S/C15H31N3O2.HI/c1-16-15(18-14-8-4-3-5-9-14)17-10-6-7-11-20-13-12-19-2;/h14H,3-13H2,1-2H3,(H2,16,17,18);1H. The van der Waals surface area contributed by atoms with Crippen molar-refractivity contribution in [2.45, 2.75) is 51.0 Å². The zero-order chi connectivity index (χ0) is 14.5. The molecule has 0 saturated heterocycles. The molecule has 2 N–H and O–H groups in total. The molecule has 1 fully saturated rings. The van der Waals surface area contributed by atoms with E-state index < -0.39 is 0 Å². The third-order valence-electron chi connectivity index (χ3n) is 3.61. The van der Waals surface area contributed by atoms with E-state index in [0.29, 0.717) is 19.3 Å². The number of methoxy groups -OCH3 is 1. The number of guanidine groups is 1. The van der Waals surface area contributed by atoms with Gasteiger partial charge in [-0.3, -0.25) is 4.99 Å². The molecule has 1 rings (SSSR count).